The molecule has 0 aliphatic carbocycles. The van der Waals surface area contributed by atoms with Crippen molar-refractivity contribution < 1.29 is 8.42 Å². The van der Waals surface area contributed by atoms with E-state index in [1.807, 2.05) is 18.7 Å². The minimum Gasteiger partial charge on any atom is -0.316 e. The van der Waals surface area contributed by atoms with Crippen molar-refractivity contribution in [1.29, 1.82) is 0 Å². The molecule has 1 fully saturated rings. The summed E-state index contributed by atoms with van der Waals surface area (Å²) in [5.41, 5.74) is 0. The monoisotopic (exact) mass is 280 g/mol. The Kier molecular flexibility index (Phi) is 5.76. The van der Waals surface area contributed by atoms with Crippen LogP contribution < -0.4 is 5.32 Å². The summed E-state index contributed by atoms with van der Waals surface area (Å²) in [6.07, 6.45) is 0. The number of rotatable bonds is 5. The highest BCUT2D eigenvalue weighted by atomic mass is 32.2. The normalized spacial score (nSPS) is 29.2. The molecule has 102 valence electrons. The molecule has 4 nitrogen and oxygen atoms in total. The molecule has 0 saturated carbocycles. The molecule has 0 amide bonds. The standard InChI is InChI=1S/C11H24N2O2S2/c1-5-12-6-11(4)17(14,15)13-7-9(2)16-10(3)8-13/h9-12H,5-8H2,1-4H3. The van der Waals surface area contributed by atoms with Gasteiger partial charge in [0.1, 0.15) is 0 Å². The Hall–Kier alpha value is 0.220. The van der Waals surface area contributed by atoms with Crippen molar-refractivity contribution in [3.05, 3.63) is 0 Å². The number of nitrogens with zero attached hydrogens (tertiary/aromatic N) is 1. The van der Waals surface area contributed by atoms with Crippen molar-refractivity contribution in [2.45, 2.75) is 43.4 Å². The summed E-state index contributed by atoms with van der Waals surface area (Å²) in [6.45, 7) is 10.6. The maximum Gasteiger partial charge on any atom is 0.218 e. The Balaban J connectivity index is 2.68. The molecular weight excluding hydrogens is 256 g/mol. The number of thioether (sulfide) groups is 1. The first-order chi connectivity index (χ1) is 7.87. The van der Waals surface area contributed by atoms with Crippen LogP contribution in [0.1, 0.15) is 27.7 Å². The van der Waals surface area contributed by atoms with E-state index in [1.54, 1.807) is 11.2 Å². The van der Waals surface area contributed by atoms with Crippen molar-refractivity contribution in [2.24, 2.45) is 0 Å². The third-order valence-electron chi connectivity index (χ3n) is 2.94. The SMILES string of the molecule is CCNCC(C)S(=O)(=O)N1CC(C)SC(C)C1. The van der Waals surface area contributed by atoms with Gasteiger partial charge in [0.05, 0.1) is 5.25 Å². The summed E-state index contributed by atoms with van der Waals surface area (Å²) < 4.78 is 26.4. The van der Waals surface area contributed by atoms with Crippen LogP contribution in [0.15, 0.2) is 0 Å². The lowest BCUT2D eigenvalue weighted by atomic mass is 10.4. The van der Waals surface area contributed by atoms with E-state index in [1.165, 1.54) is 0 Å². The molecule has 17 heavy (non-hydrogen) atoms. The van der Waals surface area contributed by atoms with Gasteiger partial charge in [-0.1, -0.05) is 20.8 Å². The number of sulfonamides is 1. The van der Waals surface area contributed by atoms with Gasteiger partial charge in [0.2, 0.25) is 10.0 Å². The molecule has 0 spiro atoms. The lowest BCUT2D eigenvalue weighted by Crippen LogP contribution is -2.49. The zero-order chi connectivity index (χ0) is 13.1. The van der Waals surface area contributed by atoms with Crippen molar-refractivity contribution in [3.63, 3.8) is 0 Å². The van der Waals surface area contributed by atoms with E-state index in [0.717, 1.165) is 6.54 Å². The lowest BCUT2D eigenvalue weighted by Gasteiger charge is -2.35. The van der Waals surface area contributed by atoms with Gasteiger partial charge in [0.25, 0.3) is 0 Å². The van der Waals surface area contributed by atoms with Crippen LogP contribution in [0.5, 0.6) is 0 Å². The molecule has 6 heteroatoms. The number of hydrogen-bond acceptors (Lipinski definition) is 4. The predicted octanol–water partition coefficient (Wildman–Crippen LogP) is 1.14. The first-order valence-electron chi connectivity index (χ1n) is 6.23. The summed E-state index contributed by atoms with van der Waals surface area (Å²) in [4.78, 5) is 0. The van der Waals surface area contributed by atoms with Crippen LogP contribution in [0.2, 0.25) is 0 Å². The molecule has 3 atom stereocenters. The molecule has 1 aliphatic rings. The Morgan fingerprint density at radius 2 is 1.88 bits per heavy atom. The van der Waals surface area contributed by atoms with Gasteiger partial charge in [-0.15, -0.1) is 0 Å². The molecule has 0 aromatic rings. The highest BCUT2D eigenvalue weighted by Gasteiger charge is 2.34. The van der Waals surface area contributed by atoms with E-state index in [-0.39, 0.29) is 5.25 Å². The molecule has 1 aliphatic heterocycles. The van der Waals surface area contributed by atoms with Crippen molar-refractivity contribution in [3.8, 4) is 0 Å². The third-order valence-corrected chi connectivity index (χ3v) is 6.37. The highest BCUT2D eigenvalue weighted by Crippen LogP contribution is 2.27. The summed E-state index contributed by atoms with van der Waals surface area (Å²) >= 11 is 1.87. The van der Waals surface area contributed by atoms with Crippen molar-refractivity contribution >= 4 is 21.8 Å². The van der Waals surface area contributed by atoms with Crippen LogP contribution in [-0.4, -0.2) is 54.7 Å². The quantitative estimate of drug-likeness (QED) is 0.820. The van der Waals surface area contributed by atoms with E-state index in [0.29, 0.717) is 30.1 Å². The second-order valence-corrected chi connectivity index (χ2v) is 8.97. The van der Waals surface area contributed by atoms with Crippen LogP contribution in [0.25, 0.3) is 0 Å². The molecule has 1 N–H and O–H groups in total. The van der Waals surface area contributed by atoms with E-state index >= 15 is 0 Å². The zero-order valence-electron chi connectivity index (χ0n) is 11.1. The zero-order valence-corrected chi connectivity index (χ0v) is 12.8. The Morgan fingerprint density at radius 1 is 1.35 bits per heavy atom. The molecule has 0 bridgehead atoms. The fourth-order valence-electron chi connectivity index (χ4n) is 2.05. The molecule has 3 unspecified atom stereocenters. The third kappa shape index (κ3) is 4.12. The van der Waals surface area contributed by atoms with Gasteiger partial charge in [0.15, 0.2) is 0 Å². The molecule has 0 aromatic carbocycles. The molecule has 1 saturated heterocycles. The summed E-state index contributed by atoms with van der Waals surface area (Å²) in [5, 5.41) is 3.54. The molecule has 0 aromatic heterocycles. The fraction of sp³-hybridized carbons (Fsp3) is 1.00. The molecule has 1 rings (SSSR count). The molecular formula is C11H24N2O2S2. The Morgan fingerprint density at radius 3 is 2.35 bits per heavy atom. The number of hydrogen-bond donors (Lipinski definition) is 1. The molecule has 1 heterocycles. The van der Waals surface area contributed by atoms with Crippen molar-refractivity contribution in [2.75, 3.05) is 26.2 Å². The highest BCUT2D eigenvalue weighted by molar-refractivity contribution is 8.00. The topological polar surface area (TPSA) is 49.4 Å². The van der Waals surface area contributed by atoms with Crippen molar-refractivity contribution in [1.82, 2.24) is 9.62 Å². The van der Waals surface area contributed by atoms with Gasteiger partial charge < -0.3 is 5.32 Å². The smallest absolute Gasteiger partial charge is 0.218 e. The Bertz CT molecular complexity index is 322. The average Bonchev–Trinajstić information content (AvgIpc) is 2.24. The molecule has 0 radical (unpaired) electrons. The minimum absolute atomic E-state index is 0.343. The van der Waals surface area contributed by atoms with Crippen LogP contribution in [-0.2, 0) is 10.0 Å². The largest absolute Gasteiger partial charge is 0.316 e. The van der Waals surface area contributed by atoms with Gasteiger partial charge in [0, 0.05) is 30.1 Å². The Labute approximate surface area is 110 Å². The van der Waals surface area contributed by atoms with Gasteiger partial charge in [-0.25, -0.2) is 8.42 Å². The van der Waals surface area contributed by atoms with Crippen LogP contribution in [0.3, 0.4) is 0 Å². The van der Waals surface area contributed by atoms with Gasteiger partial charge in [-0.3, -0.25) is 0 Å². The number of nitrogens with one attached hydrogen (secondary N) is 1. The first-order valence-corrected chi connectivity index (χ1v) is 8.67. The van der Waals surface area contributed by atoms with E-state index in [4.69, 9.17) is 0 Å². The van der Waals surface area contributed by atoms with E-state index in [9.17, 15) is 8.42 Å². The maximum atomic E-state index is 12.4. The second-order valence-electron chi connectivity index (χ2n) is 4.74. The first kappa shape index (κ1) is 15.3. The summed E-state index contributed by atoms with van der Waals surface area (Å²) in [7, 11) is -3.14. The van der Waals surface area contributed by atoms with Gasteiger partial charge in [-0.2, -0.15) is 16.1 Å². The van der Waals surface area contributed by atoms with Crippen LogP contribution in [0, 0.1) is 0 Å². The lowest BCUT2D eigenvalue weighted by molar-refractivity contribution is 0.397. The fourth-order valence-corrected chi connectivity index (χ4v) is 5.26. The average molecular weight is 280 g/mol. The van der Waals surface area contributed by atoms with Gasteiger partial charge >= 0.3 is 0 Å². The van der Waals surface area contributed by atoms with E-state index in [2.05, 4.69) is 19.2 Å². The van der Waals surface area contributed by atoms with E-state index < -0.39 is 10.0 Å². The van der Waals surface area contributed by atoms with Crippen LogP contribution in [0.4, 0.5) is 0 Å². The maximum absolute atomic E-state index is 12.4. The predicted molar refractivity (Wildman–Crippen MR) is 75.0 cm³/mol. The second kappa shape index (κ2) is 6.41. The summed E-state index contributed by atoms with van der Waals surface area (Å²) in [5.74, 6) is 0. The van der Waals surface area contributed by atoms with Gasteiger partial charge in [-0.05, 0) is 13.5 Å². The van der Waals surface area contributed by atoms with Crippen LogP contribution >= 0.6 is 11.8 Å². The summed E-state index contributed by atoms with van der Waals surface area (Å²) in [6, 6.07) is 0. The minimum atomic E-state index is -3.14.